The van der Waals surface area contributed by atoms with Crippen LogP contribution in [0.3, 0.4) is 0 Å². The van der Waals surface area contributed by atoms with Crippen molar-refractivity contribution in [1.82, 2.24) is 36.1 Å². The molecule has 4 atom stereocenters. The number of fused-ring (bicyclic) bond motifs is 13. The Morgan fingerprint density at radius 3 is 2.51 bits per heavy atom. The Kier molecular flexibility index (Phi) is 11.2. The van der Waals surface area contributed by atoms with Crippen LogP contribution in [0.5, 0.6) is 5.75 Å². The fourth-order valence-corrected chi connectivity index (χ4v) is 5.80. The maximum Gasteiger partial charge on any atom is 0.258 e. The van der Waals surface area contributed by atoms with E-state index in [9.17, 15) is 24.0 Å². The van der Waals surface area contributed by atoms with Gasteiger partial charge in [0.2, 0.25) is 23.6 Å². The van der Waals surface area contributed by atoms with E-state index in [1.54, 1.807) is 43.7 Å². The molecule has 1 aromatic heterocycles. The molecule has 0 radical (unpaired) electrons. The van der Waals surface area contributed by atoms with Gasteiger partial charge < -0.3 is 35.9 Å². The maximum absolute atomic E-state index is 13.9. The van der Waals surface area contributed by atoms with Crippen LogP contribution in [0, 0.1) is 0 Å². The van der Waals surface area contributed by atoms with E-state index in [1.807, 2.05) is 30.3 Å². The summed E-state index contributed by atoms with van der Waals surface area (Å²) in [6.07, 6.45) is 5.84. The second-order valence-electron chi connectivity index (χ2n) is 11.9. The van der Waals surface area contributed by atoms with Gasteiger partial charge in [-0.3, -0.25) is 24.0 Å². The molecule has 0 saturated carbocycles. The Hall–Kier alpha value is -5.20. The number of hydrogen-bond acceptors (Lipinski definition) is 7. The first kappa shape index (κ1) is 33.2. The second kappa shape index (κ2) is 15.9. The average Bonchev–Trinajstić information content (AvgIpc) is 3.79. The van der Waals surface area contributed by atoms with Crippen molar-refractivity contribution >= 4 is 29.5 Å². The number of ether oxygens (including phenoxy) is 1. The highest BCUT2D eigenvalue weighted by Crippen LogP contribution is 2.21. The molecule has 2 bridgehead atoms. The highest BCUT2D eigenvalue weighted by atomic mass is 16.5. The molecule has 0 unspecified atom stereocenters. The zero-order valence-electron chi connectivity index (χ0n) is 26.4. The van der Waals surface area contributed by atoms with Crippen LogP contribution in [0.4, 0.5) is 0 Å². The molecule has 0 aliphatic carbocycles. The summed E-state index contributed by atoms with van der Waals surface area (Å²) in [7, 11) is 0. The standard InChI is InChI=1S/C34H41N7O6/c1-22-31(43)40-28(32(44)36-16-15-25-19-35-21-37-25)18-24-9-12-26(13-10-24)47-20-30(42)39-27(14-11-23-6-3-2-4-7-23)34(46)41-17-5-8-29(41)33(45)38-22/h2-4,6-7,9-10,12-13,19,21-22,27-29H,5,8,11,14-18,20H2,1H3,(H,35,37)(H,36,44)(H,38,45)(H,39,42)(H,40,43)/t22-,27-,28-,29-/m0/s1. The van der Waals surface area contributed by atoms with Crippen LogP contribution in [0.25, 0.3) is 0 Å². The van der Waals surface area contributed by atoms with Gasteiger partial charge in [0.05, 0.1) is 6.33 Å². The molecule has 3 aliphatic rings. The number of aryl methyl sites for hydroxylation is 1. The van der Waals surface area contributed by atoms with E-state index >= 15 is 0 Å². The number of amides is 5. The molecule has 4 heterocycles. The number of imidazole rings is 1. The SMILES string of the molecule is C[C@@H]1NC(=O)[C@@H]2CCCN2C(=O)[C@H](CCc2ccccc2)NC(=O)COc2ccc(cc2)C[C@@H](C(=O)NCCc2cnc[nH]2)NC1=O. The minimum absolute atomic E-state index is 0.178. The predicted octanol–water partition coefficient (Wildman–Crippen LogP) is 0.802. The van der Waals surface area contributed by atoms with Crippen LogP contribution in [0.1, 0.15) is 43.0 Å². The molecule has 0 spiro atoms. The van der Waals surface area contributed by atoms with E-state index in [-0.39, 0.29) is 24.8 Å². The van der Waals surface area contributed by atoms with Crippen LogP contribution in [-0.4, -0.2) is 88.3 Å². The minimum Gasteiger partial charge on any atom is -0.484 e. The number of hydrogen-bond donors (Lipinski definition) is 5. The highest BCUT2D eigenvalue weighted by Gasteiger charge is 2.38. The van der Waals surface area contributed by atoms with E-state index in [0.717, 1.165) is 16.8 Å². The van der Waals surface area contributed by atoms with Gasteiger partial charge in [-0.05, 0) is 55.9 Å². The average molecular weight is 644 g/mol. The minimum atomic E-state index is -0.980. The normalized spacial score (nSPS) is 22.5. The summed E-state index contributed by atoms with van der Waals surface area (Å²) in [5, 5.41) is 11.2. The van der Waals surface area contributed by atoms with E-state index in [1.165, 1.54) is 4.90 Å². The summed E-state index contributed by atoms with van der Waals surface area (Å²) >= 11 is 0. The number of nitrogens with one attached hydrogen (secondary N) is 5. The summed E-state index contributed by atoms with van der Waals surface area (Å²) in [5.41, 5.74) is 2.62. The third kappa shape index (κ3) is 9.18. The number of H-pyrrole nitrogens is 1. The van der Waals surface area contributed by atoms with Gasteiger partial charge in [0, 0.05) is 37.8 Å². The van der Waals surface area contributed by atoms with E-state index in [2.05, 4.69) is 31.2 Å². The molecule has 47 heavy (non-hydrogen) atoms. The Morgan fingerprint density at radius 2 is 1.77 bits per heavy atom. The number of nitrogens with zero attached hydrogens (tertiary/aromatic N) is 2. The van der Waals surface area contributed by atoms with Crippen molar-refractivity contribution in [1.29, 1.82) is 0 Å². The quantitative estimate of drug-likeness (QED) is 0.253. The summed E-state index contributed by atoms with van der Waals surface area (Å²) < 4.78 is 5.72. The third-order valence-electron chi connectivity index (χ3n) is 8.40. The van der Waals surface area contributed by atoms with Gasteiger partial charge in [0.1, 0.15) is 29.9 Å². The number of carbonyl (C=O) groups excluding carboxylic acids is 5. The molecule has 1 saturated heterocycles. The maximum atomic E-state index is 13.9. The van der Waals surface area contributed by atoms with E-state index < -0.39 is 41.9 Å². The van der Waals surface area contributed by atoms with Gasteiger partial charge in [-0.15, -0.1) is 0 Å². The molecule has 3 aromatic rings. The van der Waals surface area contributed by atoms with Gasteiger partial charge >= 0.3 is 0 Å². The molecule has 6 rings (SSSR count). The molecule has 3 aliphatic heterocycles. The van der Waals surface area contributed by atoms with E-state index in [4.69, 9.17) is 4.74 Å². The van der Waals surface area contributed by atoms with Gasteiger partial charge in [0.25, 0.3) is 5.91 Å². The molecule has 1 fully saturated rings. The fraction of sp³-hybridized carbons (Fsp3) is 0.412. The molecular formula is C34H41N7O6. The lowest BCUT2D eigenvalue weighted by atomic mass is 10.0. The van der Waals surface area contributed by atoms with Crippen LogP contribution in [0.2, 0.25) is 0 Å². The molecule has 5 amide bonds. The highest BCUT2D eigenvalue weighted by molar-refractivity contribution is 5.95. The number of carbonyl (C=O) groups is 5. The van der Waals surface area contributed by atoms with Crippen molar-refractivity contribution in [3.8, 4) is 5.75 Å². The Labute approximate surface area is 273 Å². The van der Waals surface area contributed by atoms with Crippen molar-refractivity contribution in [2.75, 3.05) is 19.7 Å². The van der Waals surface area contributed by atoms with E-state index in [0.29, 0.717) is 50.9 Å². The van der Waals surface area contributed by atoms with Gasteiger partial charge in [-0.1, -0.05) is 42.5 Å². The fourth-order valence-electron chi connectivity index (χ4n) is 5.80. The summed E-state index contributed by atoms with van der Waals surface area (Å²) in [6.45, 7) is 1.90. The smallest absolute Gasteiger partial charge is 0.258 e. The molecule has 2 aromatic carbocycles. The Morgan fingerprint density at radius 1 is 0.979 bits per heavy atom. The van der Waals surface area contributed by atoms with Gasteiger partial charge in [0.15, 0.2) is 6.61 Å². The number of aromatic amines is 1. The summed E-state index contributed by atoms with van der Waals surface area (Å²) in [6, 6.07) is 12.9. The van der Waals surface area contributed by atoms with Crippen molar-refractivity contribution < 1.29 is 28.7 Å². The summed E-state index contributed by atoms with van der Waals surface area (Å²) in [4.78, 5) is 75.4. The molecular weight excluding hydrogens is 602 g/mol. The largest absolute Gasteiger partial charge is 0.484 e. The molecule has 248 valence electrons. The topological polar surface area (TPSA) is 175 Å². The lowest BCUT2D eigenvalue weighted by Gasteiger charge is -2.29. The van der Waals surface area contributed by atoms with Crippen LogP contribution >= 0.6 is 0 Å². The monoisotopic (exact) mass is 643 g/mol. The second-order valence-corrected chi connectivity index (χ2v) is 11.9. The third-order valence-corrected chi connectivity index (χ3v) is 8.40. The van der Waals surface area contributed by atoms with Crippen LogP contribution in [0.15, 0.2) is 67.1 Å². The number of aromatic nitrogens is 2. The zero-order valence-corrected chi connectivity index (χ0v) is 26.4. The first-order chi connectivity index (χ1) is 22.8. The van der Waals surface area contributed by atoms with Crippen molar-refractivity contribution in [3.63, 3.8) is 0 Å². The van der Waals surface area contributed by atoms with Crippen LogP contribution in [-0.2, 0) is 43.2 Å². The molecule has 13 nitrogen and oxygen atoms in total. The van der Waals surface area contributed by atoms with Gasteiger partial charge in [-0.25, -0.2) is 4.98 Å². The predicted molar refractivity (Wildman–Crippen MR) is 172 cm³/mol. The number of benzene rings is 2. The van der Waals surface area contributed by atoms with Crippen LogP contribution < -0.4 is 26.0 Å². The summed E-state index contributed by atoms with van der Waals surface area (Å²) in [5.74, 6) is -1.78. The number of rotatable bonds is 7. The van der Waals surface area contributed by atoms with Crippen molar-refractivity contribution in [2.45, 2.75) is 69.6 Å². The zero-order chi connectivity index (χ0) is 33.2. The first-order valence-electron chi connectivity index (χ1n) is 16.0. The molecule has 5 N–H and O–H groups in total. The Bertz CT molecular complexity index is 1530. The lowest BCUT2D eigenvalue weighted by molar-refractivity contribution is -0.142. The van der Waals surface area contributed by atoms with Crippen molar-refractivity contribution in [2.24, 2.45) is 0 Å². The Balaban J connectivity index is 1.34. The van der Waals surface area contributed by atoms with Crippen molar-refractivity contribution in [3.05, 3.63) is 83.9 Å². The molecule has 13 heteroatoms. The lowest BCUT2D eigenvalue weighted by Crippen LogP contribution is -2.57. The first-order valence-corrected chi connectivity index (χ1v) is 16.0. The van der Waals surface area contributed by atoms with Gasteiger partial charge in [-0.2, -0.15) is 0 Å².